The monoisotopic (exact) mass is 531 g/mol. The maximum atomic E-state index is 15.4. The van der Waals surface area contributed by atoms with Crippen molar-refractivity contribution in [1.29, 1.82) is 0 Å². The van der Waals surface area contributed by atoms with E-state index in [1.54, 1.807) is 0 Å². The largest absolute Gasteiger partial charge is 0.363 e. The molecule has 2 aliphatic heterocycles. The maximum absolute atomic E-state index is 15.4. The Bertz CT molecular complexity index is 1940. The Balaban J connectivity index is 1.44. The molecular formula is C37H29N3O. The molecule has 8 rings (SSSR count). The summed E-state index contributed by atoms with van der Waals surface area (Å²) < 4.78 is 0. The summed E-state index contributed by atoms with van der Waals surface area (Å²) in [5, 5.41) is 4.99. The molecule has 1 atom stereocenters. The molecule has 2 N–H and O–H groups in total. The summed E-state index contributed by atoms with van der Waals surface area (Å²) in [5.41, 5.74) is 10.5. The van der Waals surface area contributed by atoms with E-state index in [9.17, 15) is 0 Å². The molecule has 198 valence electrons. The maximum Gasteiger partial charge on any atom is 0.263 e. The molecule has 5 aromatic carbocycles. The highest BCUT2D eigenvalue weighted by Gasteiger charge is 2.57. The minimum Gasteiger partial charge on any atom is -0.363 e. The van der Waals surface area contributed by atoms with Crippen LogP contribution in [0.15, 0.2) is 121 Å². The number of aromatic nitrogens is 1. The van der Waals surface area contributed by atoms with E-state index in [-0.39, 0.29) is 11.9 Å². The molecule has 4 nitrogen and oxygen atoms in total. The molecule has 1 spiro atoms. The molecule has 1 unspecified atom stereocenters. The van der Waals surface area contributed by atoms with Gasteiger partial charge in [-0.05, 0) is 42.7 Å². The summed E-state index contributed by atoms with van der Waals surface area (Å²) in [4.78, 5) is 21.0. The Morgan fingerprint density at radius 3 is 2.05 bits per heavy atom. The van der Waals surface area contributed by atoms with Crippen molar-refractivity contribution in [2.75, 3.05) is 10.2 Å². The van der Waals surface area contributed by atoms with Crippen molar-refractivity contribution >= 4 is 28.2 Å². The van der Waals surface area contributed by atoms with Gasteiger partial charge in [0.2, 0.25) is 0 Å². The fourth-order valence-corrected chi connectivity index (χ4v) is 7.00. The highest BCUT2D eigenvalue weighted by molar-refractivity contribution is 6.17. The third-order valence-corrected chi connectivity index (χ3v) is 9.00. The fraction of sp³-hybridized carbons (Fsp3) is 0.108. The van der Waals surface area contributed by atoms with Crippen molar-refractivity contribution in [1.82, 2.24) is 4.98 Å². The number of hydrogen-bond acceptors (Lipinski definition) is 2. The molecule has 2 aliphatic rings. The van der Waals surface area contributed by atoms with Gasteiger partial charge in [0.25, 0.3) is 5.91 Å². The van der Waals surface area contributed by atoms with Gasteiger partial charge >= 0.3 is 0 Å². The lowest BCUT2D eigenvalue weighted by molar-refractivity contribution is -0.121. The molecule has 0 radical (unpaired) electrons. The number of nitrogens with one attached hydrogen (secondary N) is 2. The Kier molecular flexibility index (Phi) is 5.05. The van der Waals surface area contributed by atoms with E-state index in [0.29, 0.717) is 0 Å². The van der Waals surface area contributed by atoms with Crippen LogP contribution in [-0.2, 0) is 10.3 Å². The second-order valence-corrected chi connectivity index (χ2v) is 11.1. The van der Waals surface area contributed by atoms with Crippen LogP contribution in [0, 0.1) is 13.8 Å². The van der Waals surface area contributed by atoms with E-state index in [1.165, 1.54) is 10.9 Å². The zero-order valence-corrected chi connectivity index (χ0v) is 23.0. The molecule has 0 bridgehead atoms. The number of amides is 1. The summed E-state index contributed by atoms with van der Waals surface area (Å²) in [6.45, 7) is 4.28. The molecule has 1 aromatic heterocycles. The van der Waals surface area contributed by atoms with Crippen molar-refractivity contribution in [3.63, 3.8) is 0 Å². The number of fused-ring (bicyclic) bond motifs is 8. The average molecular weight is 532 g/mol. The van der Waals surface area contributed by atoms with Crippen LogP contribution in [0.25, 0.3) is 22.0 Å². The van der Waals surface area contributed by atoms with Crippen LogP contribution >= 0.6 is 0 Å². The Labute approximate surface area is 239 Å². The van der Waals surface area contributed by atoms with Gasteiger partial charge in [0.1, 0.15) is 0 Å². The number of carbonyl (C=O) groups excluding carboxylic acids is 1. The molecule has 3 heterocycles. The van der Waals surface area contributed by atoms with Gasteiger partial charge in [-0.15, -0.1) is 0 Å². The van der Waals surface area contributed by atoms with Crippen molar-refractivity contribution in [2.24, 2.45) is 0 Å². The number of H-pyrrole nitrogens is 1. The van der Waals surface area contributed by atoms with Crippen LogP contribution in [0.3, 0.4) is 0 Å². The topological polar surface area (TPSA) is 48.1 Å². The van der Waals surface area contributed by atoms with Crippen LogP contribution in [0.1, 0.15) is 39.6 Å². The lowest BCUT2D eigenvalue weighted by Gasteiger charge is -2.39. The van der Waals surface area contributed by atoms with Gasteiger partial charge in [0.15, 0.2) is 5.54 Å². The number of rotatable bonds is 3. The lowest BCUT2D eigenvalue weighted by atomic mass is 9.75. The quantitative estimate of drug-likeness (QED) is 0.242. The second-order valence-electron chi connectivity index (χ2n) is 11.1. The van der Waals surface area contributed by atoms with E-state index < -0.39 is 5.54 Å². The van der Waals surface area contributed by atoms with Crippen LogP contribution in [0.4, 0.5) is 11.4 Å². The molecular weight excluding hydrogens is 502 g/mol. The summed E-state index contributed by atoms with van der Waals surface area (Å²) in [6.07, 6.45) is 0. The molecule has 0 saturated carbocycles. The number of hydrogen-bond donors (Lipinski definition) is 2. The minimum absolute atomic E-state index is 0.0199. The van der Waals surface area contributed by atoms with Gasteiger partial charge in [0, 0.05) is 39.0 Å². The van der Waals surface area contributed by atoms with E-state index >= 15 is 4.79 Å². The fourth-order valence-electron chi connectivity index (χ4n) is 7.00. The van der Waals surface area contributed by atoms with Crippen molar-refractivity contribution in [3.8, 4) is 11.1 Å². The third-order valence-electron chi connectivity index (χ3n) is 9.00. The molecule has 1 amide bonds. The van der Waals surface area contributed by atoms with E-state index in [2.05, 4.69) is 90.9 Å². The molecule has 4 heteroatoms. The summed E-state index contributed by atoms with van der Waals surface area (Å²) in [6, 6.07) is 41.4. The standard InChI is InChI=1S/C37H29N3O/c1-23-24(2)38-34-27(23)21-22-30-33(34)28-17-9-11-19-31(28)39-37(30)29-18-10-12-20-32(29)40(36(37)41)35(25-13-5-3-6-14-25)26-15-7-4-8-16-26/h3-22,35,38-39H,1-2H3. The van der Waals surface area contributed by atoms with Crippen LogP contribution in [0.2, 0.25) is 0 Å². The molecule has 0 fully saturated rings. The van der Waals surface area contributed by atoms with E-state index in [4.69, 9.17) is 0 Å². The lowest BCUT2D eigenvalue weighted by Crippen LogP contribution is -2.49. The van der Waals surface area contributed by atoms with Crippen molar-refractivity contribution in [2.45, 2.75) is 25.4 Å². The zero-order valence-electron chi connectivity index (χ0n) is 23.0. The van der Waals surface area contributed by atoms with Crippen LogP contribution < -0.4 is 10.2 Å². The first-order valence-electron chi connectivity index (χ1n) is 14.1. The van der Waals surface area contributed by atoms with Gasteiger partial charge in [-0.1, -0.05) is 109 Å². The van der Waals surface area contributed by atoms with Crippen molar-refractivity contribution < 1.29 is 4.79 Å². The summed E-state index contributed by atoms with van der Waals surface area (Å²) >= 11 is 0. The van der Waals surface area contributed by atoms with Crippen LogP contribution in [-0.4, -0.2) is 10.9 Å². The highest BCUT2D eigenvalue weighted by atomic mass is 16.2. The van der Waals surface area contributed by atoms with Gasteiger partial charge in [-0.3, -0.25) is 9.69 Å². The smallest absolute Gasteiger partial charge is 0.263 e. The van der Waals surface area contributed by atoms with Crippen molar-refractivity contribution in [3.05, 3.63) is 155 Å². The van der Waals surface area contributed by atoms with Gasteiger partial charge < -0.3 is 10.3 Å². The van der Waals surface area contributed by atoms with Crippen LogP contribution in [0.5, 0.6) is 0 Å². The molecule has 6 aromatic rings. The SMILES string of the molecule is Cc1[nH]c2c3c(ccc2c1C)C1(Nc2ccccc2-3)C(=O)N(C(c2ccccc2)c2ccccc2)c2ccccc21. The number of aryl methyl sites for hydroxylation is 2. The predicted octanol–water partition coefficient (Wildman–Crippen LogP) is 8.26. The summed E-state index contributed by atoms with van der Waals surface area (Å²) in [7, 11) is 0. The van der Waals surface area contributed by atoms with Gasteiger partial charge in [0.05, 0.1) is 17.2 Å². The predicted molar refractivity (Wildman–Crippen MR) is 166 cm³/mol. The van der Waals surface area contributed by atoms with Gasteiger partial charge in [-0.25, -0.2) is 0 Å². The number of aromatic amines is 1. The Morgan fingerprint density at radius 2 is 1.32 bits per heavy atom. The minimum atomic E-state index is -1.08. The Hall–Kier alpha value is -5.09. The van der Waals surface area contributed by atoms with Gasteiger partial charge in [-0.2, -0.15) is 0 Å². The van der Waals surface area contributed by atoms with E-state index in [1.807, 2.05) is 59.5 Å². The summed E-state index contributed by atoms with van der Waals surface area (Å²) in [5.74, 6) is 0.0199. The number of benzene rings is 5. The first-order chi connectivity index (χ1) is 20.1. The normalized spacial score (nSPS) is 17.0. The zero-order chi connectivity index (χ0) is 27.7. The molecule has 0 saturated heterocycles. The number of nitrogens with zero attached hydrogens (tertiary/aromatic N) is 1. The number of anilines is 2. The molecule has 0 aliphatic carbocycles. The third kappa shape index (κ3) is 3.19. The molecule has 41 heavy (non-hydrogen) atoms. The first kappa shape index (κ1) is 23.8. The second kappa shape index (κ2) is 8.70. The average Bonchev–Trinajstić information content (AvgIpc) is 3.44. The first-order valence-corrected chi connectivity index (χ1v) is 14.1. The number of carbonyl (C=O) groups is 1. The highest BCUT2D eigenvalue weighted by Crippen LogP contribution is 2.56. The van der Waals surface area contributed by atoms with E-state index in [0.717, 1.165) is 56.0 Å². The Morgan fingerprint density at radius 1 is 0.683 bits per heavy atom. The number of para-hydroxylation sites is 2.